The van der Waals surface area contributed by atoms with Crippen molar-refractivity contribution in [2.24, 2.45) is 0 Å². The third kappa shape index (κ3) is 2.93. The summed E-state index contributed by atoms with van der Waals surface area (Å²) in [6, 6.07) is 4.47. The summed E-state index contributed by atoms with van der Waals surface area (Å²) in [5.41, 5.74) is 5.31. The Bertz CT molecular complexity index is 519. The molecule has 0 bridgehead atoms. The average Bonchev–Trinajstić information content (AvgIpc) is 2.72. The number of nitrogens with one attached hydrogen (secondary N) is 1. The minimum absolute atomic E-state index is 0.162. The monoisotopic (exact) mass is 257 g/mol. The van der Waals surface area contributed by atoms with Crippen molar-refractivity contribution in [1.82, 2.24) is 9.97 Å². The van der Waals surface area contributed by atoms with E-state index in [0.29, 0.717) is 11.4 Å². The molecule has 2 aromatic rings. The van der Waals surface area contributed by atoms with Crippen molar-refractivity contribution in [3.05, 3.63) is 41.7 Å². The highest BCUT2D eigenvalue weighted by atomic mass is 19.4. The number of hydrogen-bond donors (Lipinski definition) is 2. The lowest BCUT2D eigenvalue weighted by Crippen LogP contribution is -2.04. The molecule has 0 unspecified atom stereocenters. The van der Waals surface area contributed by atoms with Crippen molar-refractivity contribution in [2.45, 2.75) is 12.8 Å². The molecule has 0 aliphatic carbocycles. The number of H-pyrrole nitrogens is 1. The summed E-state index contributed by atoms with van der Waals surface area (Å²) in [7, 11) is 0. The Balaban J connectivity index is 1.98. The largest absolute Gasteiger partial charge is 0.487 e. The van der Waals surface area contributed by atoms with Gasteiger partial charge in [0.25, 0.3) is 0 Å². The number of benzene rings is 1. The van der Waals surface area contributed by atoms with Crippen LogP contribution in [0.2, 0.25) is 0 Å². The van der Waals surface area contributed by atoms with Gasteiger partial charge >= 0.3 is 6.18 Å². The van der Waals surface area contributed by atoms with Crippen LogP contribution < -0.4 is 10.5 Å². The molecule has 1 heterocycles. The van der Waals surface area contributed by atoms with Gasteiger partial charge in [-0.15, -0.1) is 0 Å². The van der Waals surface area contributed by atoms with E-state index in [1.807, 2.05) is 0 Å². The summed E-state index contributed by atoms with van der Waals surface area (Å²) in [6.45, 7) is 0.162. The van der Waals surface area contributed by atoms with Gasteiger partial charge in [0.05, 0.1) is 17.5 Å². The molecule has 1 aromatic carbocycles. The van der Waals surface area contributed by atoms with Gasteiger partial charge in [0, 0.05) is 0 Å². The Morgan fingerprint density at radius 3 is 2.39 bits per heavy atom. The van der Waals surface area contributed by atoms with Crippen molar-refractivity contribution in [3.63, 3.8) is 0 Å². The predicted molar refractivity (Wildman–Crippen MR) is 58.8 cm³/mol. The first kappa shape index (κ1) is 12.3. The molecule has 0 radical (unpaired) electrons. The molecule has 0 saturated carbocycles. The fraction of sp³-hybridized carbons (Fsp3) is 0.182. The smallest absolute Gasteiger partial charge is 0.416 e. The number of halogens is 3. The van der Waals surface area contributed by atoms with Crippen molar-refractivity contribution in [1.29, 1.82) is 0 Å². The van der Waals surface area contributed by atoms with E-state index in [9.17, 15) is 13.2 Å². The lowest BCUT2D eigenvalue weighted by atomic mass is 10.2. The highest BCUT2D eigenvalue weighted by Gasteiger charge is 2.29. The second kappa shape index (κ2) is 4.59. The molecule has 1 aromatic heterocycles. The molecule has 0 aliphatic heterocycles. The summed E-state index contributed by atoms with van der Waals surface area (Å²) in [5.74, 6) is 0.609. The Morgan fingerprint density at radius 2 is 1.89 bits per heavy atom. The van der Waals surface area contributed by atoms with Crippen LogP contribution in [-0.4, -0.2) is 9.97 Å². The van der Waals surface area contributed by atoms with Crippen LogP contribution in [0.15, 0.2) is 30.5 Å². The molecule has 0 aliphatic rings. The number of rotatable bonds is 3. The van der Waals surface area contributed by atoms with E-state index in [1.165, 1.54) is 18.3 Å². The lowest BCUT2D eigenvalue weighted by molar-refractivity contribution is -0.137. The first-order chi connectivity index (χ1) is 8.45. The SMILES string of the molecule is Nc1ncc(COc2ccc(C(F)(F)F)cc2)[nH]1. The summed E-state index contributed by atoms with van der Waals surface area (Å²) >= 11 is 0. The Labute approximate surface area is 101 Å². The lowest BCUT2D eigenvalue weighted by Gasteiger charge is -2.08. The minimum atomic E-state index is -4.34. The number of nitrogens with two attached hydrogens (primary N) is 1. The normalized spacial score (nSPS) is 11.5. The second-order valence-corrected chi connectivity index (χ2v) is 3.60. The van der Waals surface area contributed by atoms with E-state index in [0.717, 1.165) is 12.1 Å². The van der Waals surface area contributed by atoms with Crippen LogP contribution in [0.4, 0.5) is 19.1 Å². The van der Waals surface area contributed by atoms with Gasteiger partial charge in [-0.1, -0.05) is 0 Å². The number of nitrogen functional groups attached to an aromatic ring is 1. The van der Waals surface area contributed by atoms with Gasteiger partial charge in [-0.2, -0.15) is 13.2 Å². The quantitative estimate of drug-likeness (QED) is 0.888. The van der Waals surface area contributed by atoms with Crippen molar-refractivity contribution < 1.29 is 17.9 Å². The van der Waals surface area contributed by atoms with E-state index in [1.54, 1.807) is 0 Å². The first-order valence-corrected chi connectivity index (χ1v) is 5.04. The maximum atomic E-state index is 12.3. The number of aromatic amines is 1. The predicted octanol–water partition coefficient (Wildman–Crippen LogP) is 2.59. The van der Waals surface area contributed by atoms with Crippen LogP contribution >= 0.6 is 0 Å². The highest BCUT2D eigenvalue weighted by Crippen LogP contribution is 2.30. The molecule has 0 spiro atoms. The maximum absolute atomic E-state index is 12.3. The van der Waals surface area contributed by atoms with Gasteiger partial charge in [-0.3, -0.25) is 0 Å². The molecule has 2 rings (SSSR count). The zero-order valence-corrected chi connectivity index (χ0v) is 9.16. The van der Waals surface area contributed by atoms with E-state index in [2.05, 4.69) is 9.97 Å². The molecule has 3 N–H and O–H groups in total. The second-order valence-electron chi connectivity index (χ2n) is 3.60. The molecule has 7 heteroatoms. The molecule has 18 heavy (non-hydrogen) atoms. The maximum Gasteiger partial charge on any atom is 0.416 e. The Hall–Kier alpha value is -2.18. The Morgan fingerprint density at radius 1 is 1.22 bits per heavy atom. The number of hydrogen-bond acceptors (Lipinski definition) is 3. The van der Waals surface area contributed by atoms with Crippen molar-refractivity contribution in [3.8, 4) is 5.75 Å². The summed E-state index contributed by atoms with van der Waals surface area (Å²) in [4.78, 5) is 6.51. The minimum Gasteiger partial charge on any atom is -0.487 e. The van der Waals surface area contributed by atoms with E-state index in [4.69, 9.17) is 10.5 Å². The summed E-state index contributed by atoms with van der Waals surface area (Å²) < 4.78 is 42.2. The zero-order chi connectivity index (χ0) is 13.2. The summed E-state index contributed by atoms with van der Waals surface area (Å²) in [6.07, 6.45) is -2.84. The van der Waals surface area contributed by atoms with Gasteiger partial charge in [0.1, 0.15) is 12.4 Å². The van der Waals surface area contributed by atoms with Crippen LogP contribution in [0, 0.1) is 0 Å². The molecule has 0 saturated heterocycles. The van der Waals surface area contributed by atoms with Crippen LogP contribution in [-0.2, 0) is 12.8 Å². The third-order valence-electron chi connectivity index (χ3n) is 2.22. The third-order valence-corrected chi connectivity index (χ3v) is 2.22. The number of imidazole rings is 1. The summed E-state index contributed by atoms with van der Waals surface area (Å²) in [5, 5.41) is 0. The molecular formula is C11H10F3N3O. The number of ether oxygens (including phenoxy) is 1. The molecule has 0 fully saturated rings. The van der Waals surface area contributed by atoms with Crippen LogP contribution in [0.3, 0.4) is 0 Å². The van der Waals surface area contributed by atoms with Crippen LogP contribution in [0.5, 0.6) is 5.75 Å². The zero-order valence-electron chi connectivity index (χ0n) is 9.16. The highest BCUT2D eigenvalue weighted by molar-refractivity contribution is 5.29. The fourth-order valence-corrected chi connectivity index (χ4v) is 1.35. The molecule has 0 atom stereocenters. The van der Waals surface area contributed by atoms with Gasteiger partial charge in [0.2, 0.25) is 0 Å². The van der Waals surface area contributed by atoms with Crippen LogP contribution in [0.25, 0.3) is 0 Å². The van der Waals surface area contributed by atoms with E-state index in [-0.39, 0.29) is 12.6 Å². The van der Waals surface area contributed by atoms with Gasteiger partial charge in [-0.05, 0) is 24.3 Å². The Kier molecular flexibility index (Phi) is 3.14. The van der Waals surface area contributed by atoms with Crippen molar-refractivity contribution >= 4 is 5.95 Å². The molecule has 4 nitrogen and oxygen atoms in total. The van der Waals surface area contributed by atoms with Gasteiger partial charge in [0.15, 0.2) is 5.95 Å². The van der Waals surface area contributed by atoms with Gasteiger partial charge < -0.3 is 15.5 Å². The van der Waals surface area contributed by atoms with Gasteiger partial charge in [-0.25, -0.2) is 4.98 Å². The topological polar surface area (TPSA) is 63.9 Å². The first-order valence-electron chi connectivity index (χ1n) is 5.04. The molecule has 96 valence electrons. The van der Waals surface area contributed by atoms with E-state index >= 15 is 0 Å². The van der Waals surface area contributed by atoms with E-state index < -0.39 is 11.7 Å². The molecule has 0 amide bonds. The molecular weight excluding hydrogens is 247 g/mol. The number of aromatic nitrogens is 2. The average molecular weight is 257 g/mol. The number of alkyl halides is 3. The number of nitrogens with zero attached hydrogens (tertiary/aromatic N) is 1. The fourth-order valence-electron chi connectivity index (χ4n) is 1.35. The standard InChI is InChI=1S/C11H10F3N3O/c12-11(13,14)7-1-3-9(4-2-7)18-6-8-5-16-10(15)17-8/h1-5H,6H2,(H3,15,16,17). The van der Waals surface area contributed by atoms with Crippen molar-refractivity contribution in [2.75, 3.05) is 5.73 Å². The van der Waals surface area contributed by atoms with Crippen LogP contribution in [0.1, 0.15) is 11.3 Å². The number of anilines is 1.